The molecule has 0 amide bonds. The van der Waals surface area contributed by atoms with Crippen LogP contribution in [0, 0.1) is 5.41 Å². The normalized spacial score (nSPS) is 12.0. The number of nitrogen functional groups attached to an aromatic ring is 1. The lowest BCUT2D eigenvalue weighted by atomic mass is 9.85. The number of rotatable bonds is 4. The molecule has 24 heavy (non-hydrogen) atoms. The number of benzene rings is 2. The third-order valence-electron chi connectivity index (χ3n) is 3.80. The van der Waals surface area contributed by atoms with Crippen LogP contribution in [0.1, 0.15) is 40.2 Å². The number of nitrogens with two attached hydrogens (primary N) is 1. The van der Waals surface area contributed by atoms with Crippen LogP contribution >= 0.6 is 0 Å². The van der Waals surface area contributed by atoms with Gasteiger partial charge in [0, 0.05) is 11.3 Å². The number of ether oxygens (including phenoxy) is 1. The molecule has 0 aromatic heterocycles. The molecule has 3 nitrogen and oxygen atoms in total. The number of esters is 1. The summed E-state index contributed by atoms with van der Waals surface area (Å²) in [7, 11) is 0. The van der Waals surface area contributed by atoms with E-state index in [9.17, 15) is 4.79 Å². The van der Waals surface area contributed by atoms with Crippen LogP contribution in [0.4, 0.5) is 5.69 Å². The molecule has 2 N–H and O–H groups in total. The Bertz CT molecular complexity index is 712. The van der Waals surface area contributed by atoms with Gasteiger partial charge in [-0.25, -0.2) is 0 Å². The number of anilines is 1. The van der Waals surface area contributed by atoms with Gasteiger partial charge in [0.2, 0.25) is 0 Å². The van der Waals surface area contributed by atoms with Gasteiger partial charge in [0.25, 0.3) is 0 Å². The lowest BCUT2D eigenvalue weighted by molar-refractivity contribution is -0.165. The molecule has 0 heterocycles. The maximum absolute atomic E-state index is 12.4. The Morgan fingerprint density at radius 1 is 1.00 bits per heavy atom. The van der Waals surface area contributed by atoms with Crippen molar-refractivity contribution >= 4 is 11.7 Å². The molecule has 0 saturated carbocycles. The second-order valence-corrected chi connectivity index (χ2v) is 7.85. The van der Waals surface area contributed by atoms with E-state index in [4.69, 9.17) is 10.5 Å². The molecule has 0 radical (unpaired) electrons. The lowest BCUT2D eigenvalue weighted by Crippen LogP contribution is -2.35. The Labute approximate surface area is 144 Å². The van der Waals surface area contributed by atoms with Gasteiger partial charge in [-0.05, 0) is 58.2 Å². The van der Waals surface area contributed by atoms with Gasteiger partial charge in [0.15, 0.2) is 0 Å². The highest BCUT2D eigenvalue weighted by Crippen LogP contribution is 2.31. The maximum Gasteiger partial charge on any atom is 0.312 e. The molecule has 3 heteroatoms. The monoisotopic (exact) mass is 325 g/mol. The zero-order valence-corrected chi connectivity index (χ0v) is 15.2. The highest BCUT2D eigenvalue weighted by Gasteiger charge is 2.32. The van der Waals surface area contributed by atoms with Crippen molar-refractivity contribution in [3.8, 4) is 11.1 Å². The number of hydrogen-bond donors (Lipinski definition) is 1. The second-order valence-electron chi connectivity index (χ2n) is 7.85. The van der Waals surface area contributed by atoms with E-state index >= 15 is 0 Å². The van der Waals surface area contributed by atoms with E-state index in [0.717, 1.165) is 22.4 Å². The summed E-state index contributed by atoms with van der Waals surface area (Å²) in [5.41, 5.74) is 9.00. The van der Waals surface area contributed by atoms with Crippen molar-refractivity contribution < 1.29 is 9.53 Å². The van der Waals surface area contributed by atoms with Crippen molar-refractivity contribution in [1.29, 1.82) is 0 Å². The van der Waals surface area contributed by atoms with Gasteiger partial charge < -0.3 is 10.5 Å². The molecule has 0 bridgehead atoms. The average Bonchev–Trinajstić information content (AvgIpc) is 2.46. The van der Waals surface area contributed by atoms with Crippen LogP contribution in [0.3, 0.4) is 0 Å². The minimum absolute atomic E-state index is 0.194. The van der Waals surface area contributed by atoms with Gasteiger partial charge in [0.1, 0.15) is 5.60 Å². The third-order valence-corrected chi connectivity index (χ3v) is 3.80. The fourth-order valence-electron chi connectivity index (χ4n) is 2.60. The molecule has 2 aromatic rings. The summed E-state index contributed by atoms with van der Waals surface area (Å²) in [5.74, 6) is -0.194. The van der Waals surface area contributed by atoms with E-state index in [2.05, 4.69) is 0 Å². The van der Waals surface area contributed by atoms with E-state index in [1.807, 2.05) is 83.1 Å². The smallest absolute Gasteiger partial charge is 0.312 e. The van der Waals surface area contributed by atoms with Crippen molar-refractivity contribution in [3.63, 3.8) is 0 Å². The van der Waals surface area contributed by atoms with Crippen molar-refractivity contribution in [2.24, 2.45) is 5.41 Å². The van der Waals surface area contributed by atoms with Crippen molar-refractivity contribution in [1.82, 2.24) is 0 Å². The van der Waals surface area contributed by atoms with E-state index in [1.165, 1.54) is 0 Å². The molecule has 0 spiro atoms. The standard InChI is InChI=1S/C21H27NO2/c1-20(2,3)24-19(23)21(4,5)14-15-11-12-17(18(22)13-15)16-9-7-6-8-10-16/h6-13H,14,22H2,1-5H3. The van der Waals surface area contributed by atoms with E-state index < -0.39 is 11.0 Å². The van der Waals surface area contributed by atoms with Crippen molar-refractivity contribution in [3.05, 3.63) is 54.1 Å². The topological polar surface area (TPSA) is 52.3 Å². The van der Waals surface area contributed by atoms with E-state index in [-0.39, 0.29) is 5.97 Å². The lowest BCUT2D eigenvalue weighted by Gasteiger charge is -2.28. The summed E-state index contributed by atoms with van der Waals surface area (Å²) in [6.45, 7) is 9.46. The summed E-state index contributed by atoms with van der Waals surface area (Å²) in [4.78, 5) is 12.4. The second kappa shape index (κ2) is 6.68. The van der Waals surface area contributed by atoms with Gasteiger partial charge in [-0.15, -0.1) is 0 Å². The molecular weight excluding hydrogens is 298 g/mol. The van der Waals surface area contributed by atoms with E-state index in [0.29, 0.717) is 6.42 Å². The highest BCUT2D eigenvalue weighted by atomic mass is 16.6. The molecule has 128 valence electrons. The van der Waals surface area contributed by atoms with Crippen LogP contribution in [-0.2, 0) is 16.0 Å². The Balaban J connectivity index is 2.19. The molecule has 0 saturated heterocycles. The van der Waals surface area contributed by atoms with E-state index in [1.54, 1.807) is 0 Å². The van der Waals surface area contributed by atoms with Crippen LogP contribution in [0.25, 0.3) is 11.1 Å². The molecule has 0 fully saturated rings. The number of carbonyl (C=O) groups is 1. The van der Waals surface area contributed by atoms with Crippen LogP contribution in [0.2, 0.25) is 0 Å². The van der Waals surface area contributed by atoms with Crippen LogP contribution < -0.4 is 5.73 Å². The van der Waals surface area contributed by atoms with Crippen molar-refractivity contribution in [2.45, 2.75) is 46.6 Å². The van der Waals surface area contributed by atoms with Crippen LogP contribution in [0.15, 0.2) is 48.5 Å². The molecule has 2 rings (SSSR count). The summed E-state index contributed by atoms with van der Waals surface area (Å²) >= 11 is 0. The average molecular weight is 325 g/mol. The fourth-order valence-corrected chi connectivity index (χ4v) is 2.60. The predicted octanol–water partition coefficient (Wildman–Crippen LogP) is 4.85. The molecule has 0 aliphatic carbocycles. The van der Waals surface area contributed by atoms with Crippen LogP contribution in [0.5, 0.6) is 0 Å². The van der Waals surface area contributed by atoms with Gasteiger partial charge in [-0.1, -0.05) is 42.5 Å². The summed E-state index contributed by atoms with van der Waals surface area (Å²) in [5, 5.41) is 0. The summed E-state index contributed by atoms with van der Waals surface area (Å²) in [6.07, 6.45) is 0.585. The van der Waals surface area contributed by atoms with Crippen LogP contribution in [-0.4, -0.2) is 11.6 Å². The minimum atomic E-state index is -0.603. The first-order chi connectivity index (χ1) is 11.1. The molecule has 2 aromatic carbocycles. The Morgan fingerprint density at radius 3 is 2.17 bits per heavy atom. The molecule has 0 unspecified atom stereocenters. The quantitative estimate of drug-likeness (QED) is 0.646. The first-order valence-electron chi connectivity index (χ1n) is 8.26. The summed E-state index contributed by atoms with van der Waals surface area (Å²) < 4.78 is 5.53. The Hall–Kier alpha value is -2.29. The van der Waals surface area contributed by atoms with Gasteiger partial charge >= 0.3 is 5.97 Å². The van der Waals surface area contributed by atoms with Gasteiger partial charge in [-0.2, -0.15) is 0 Å². The maximum atomic E-state index is 12.4. The predicted molar refractivity (Wildman–Crippen MR) is 99.6 cm³/mol. The molecule has 0 atom stereocenters. The first-order valence-corrected chi connectivity index (χ1v) is 8.26. The Kier molecular flexibility index (Phi) is 5.02. The molecular formula is C21H27NO2. The first kappa shape index (κ1) is 18.1. The minimum Gasteiger partial charge on any atom is -0.460 e. The number of hydrogen-bond acceptors (Lipinski definition) is 3. The largest absolute Gasteiger partial charge is 0.460 e. The highest BCUT2D eigenvalue weighted by molar-refractivity contribution is 5.78. The number of carbonyl (C=O) groups excluding carboxylic acids is 1. The zero-order chi connectivity index (χ0) is 18.0. The molecule has 0 aliphatic heterocycles. The third kappa shape index (κ3) is 4.60. The Morgan fingerprint density at radius 2 is 1.62 bits per heavy atom. The van der Waals surface area contributed by atoms with Gasteiger partial charge in [-0.3, -0.25) is 4.79 Å². The molecule has 0 aliphatic rings. The van der Waals surface area contributed by atoms with Gasteiger partial charge in [0.05, 0.1) is 5.41 Å². The zero-order valence-electron chi connectivity index (χ0n) is 15.2. The van der Waals surface area contributed by atoms with Crippen molar-refractivity contribution in [2.75, 3.05) is 5.73 Å². The SMILES string of the molecule is CC(C)(C)OC(=O)C(C)(C)Cc1ccc(-c2ccccc2)c(N)c1. The fraction of sp³-hybridized carbons (Fsp3) is 0.381. The summed E-state index contributed by atoms with van der Waals surface area (Å²) in [6, 6.07) is 16.1.